The number of nitro benzene ring substituents is 1. The van der Waals surface area contributed by atoms with Gasteiger partial charge >= 0.3 is 0 Å². The minimum atomic E-state index is -1.00. The van der Waals surface area contributed by atoms with Gasteiger partial charge in [-0.15, -0.1) is 0 Å². The molecule has 0 fully saturated rings. The normalized spacial score (nSPS) is 21.5. The van der Waals surface area contributed by atoms with Crippen LogP contribution in [0.25, 0.3) is 0 Å². The van der Waals surface area contributed by atoms with Crippen LogP contribution in [0.5, 0.6) is 0 Å². The number of nitro groups is 1. The van der Waals surface area contributed by atoms with Crippen LogP contribution in [0.3, 0.4) is 0 Å². The van der Waals surface area contributed by atoms with Crippen molar-refractivity contribution in [3.63, 3.8) is 0 Å². The number of fused-ring (bicyclic) bond motifs is 1. The van der Waals surface area contributed by atoms with Crippen LogP contribution in [0, 0.1) is 19.6 Å². The number of hydrogen-bond acceptors (Lipinski definition) is 8. The molecule has 1 aromatic rings. The Hall–Kier alpha value is -3.21. The molecule has 0 bridgehead atoms. The molecular formula is C23H36IN9O5. The lowest BCUT2D eigenvalue weighted by Crippen LogP contribution is -2.57. The molecule has 1 aliphatic heterocycles. The highest BCUT2D eigenvalue weighted by atomic mass is 127. The van der Waals surface area contributed by atoms with Gasteiger partial charge in [0.2, 0.25) is 17.7 Å². The van der Waals surface area contributed by atoms with E-state index in [9.17, 15) is 24.5 Å². The third kappa shape index (κ3) is 8.97. The van der Waals surface area contributed by atoms with Gasteiger partial charge in [0.15, 0.2) is 5.96 Å². The summed E-state index contributed by atoms with van der Waals surface area (Å²) < 4.78 is 0.603. The Morgan fingerprint density at radius 1 is 1.24 bits per heavy atom. The van der Waals surface area contributed by atoms with Gasteiger partial charge in [0, 0.05) is 35.3 Å². The number of halogens is 1. The lowest BCUT2D eigenvalue weighted by Gasteiger charge is -2.28. The van der Waals surface area contributed by atoms with Gasteiger partial charge in [-0.2, -0.15) is 0 Å². The fourth-order valence-electron chi connectivity index (χ4n) is 4.03. The van der Waals surface area contributed by atoms with Crippen LogP contribution in [0.15, 0.2) is 17.1 Å². The molecule has 10 N–H and O–H groups in total. The number of anilines is 1. The number of benzene rings is 1. The molecule has 0 radical (unpaired) electrons. The van der Waals surface area contributed by atoms with Crippen molar-refractivity contribution >= 4 is 57.6 Å². The number of nitrogens with one attached hydrogen (secondary N) is 4. The number of carbonyl (C=O) groups excluding carboxylic acids is 3. The van der Waals surface area contributed by atoms with Gasteiger partial charge < -0.3 is 38.5 Å². The van der Waals surface area contributed by atoms with Crippen LogP contribution in [0.1, 0.15) is 45.1 Å². The molecule has 3 amide bonds. The molecule has 14 nitrogen and oxygen atoms in total. The summed E-state index contributed by atoms with van der Waals surface area (Å²) in [5.41, 5.74) is 17.4. The average Bonchev–Trinajstić information content (AvgIpc) is 2.85. The maximum Gasteiger partial charge on any atom is 0.270 e. The van der Waals surface area contributed by atoms with Crippen LogP contribution < -0.4 is 38.5 Å². The lowest BCUT2D eigenvalue weighted by atomic mass is 9.97. The number of non-ortho nitro benzene ring substituents is 1. The number of hydrogen-bond donors (Lipinski definition) is 7. The monoisotopic (exact) mass is 645 g/mol. The third-order valence-electron chi connectivity index (χ3n) is 6.35. The minimum absolute atomic E-state index is 0.0782. The van der Waals surface area contributed by atoms with Gasteiger partial charge in [0.1, 0.15) is 12.1 Å². The highest BCUT2D eigenvalue weighted by molar-refractivity contribution is 14.1. The molecule has 0 aromatic heterocycles. The van der Waals surface area contributed by atoms with E-state index in [1.54, 1.807) is 0 Å². The Bertz CT molecular complexity index is 1060. The lowest BCUT2D eigenvalue weighted by molar-refractivity contribution is -0.385. The Kier molecular flexibility index (Phi) is 12.0. The van der Waals surface area contributed by atoms with E-state index in [-0.39, 0.29) is 50.0 Å². The summed E-state index contributed by atoms with van der Waals surface area (Å²) >= 11 is 2.00. The van der Waals surface area contributed by atoms with Gasteiger partial charge in [0.25, 0.3) is 5.69 Å². The molecule has 0 aliphatic carbocycles. The number of nitrogens with zero attached hydrogens (tertiary/aromatic N) is 2. The van der Waals surface area contributed by atoms with Gasteiger partial charge in [-0.3, -0.25) is 29.5 Å². The first-order chi connectivity index (χ1) is 17.9. The van der Waals surface area contributed by atoms with E-state index < -0.39 is 40.8 Å². The average molecular weight is 646 g/mol. The summed E-state index contributed by atoms with van der Waals surface area (Å²) in [7, 11) is 0. The molecule has 1 aliphatic rings. The van der Waals surface area contributed by atoms with Crippen LogP contribution in [0.4, 0.5) is 11.4 Å². The Morgan fingerprint density at radius 3 is 2.55 bits per heavy atom. The van der Waals surface area contributed by atoms with Crippen molar-refractivity contribution in [1.82, 2.24) is 16.0 Å². The molecular weight excluding hydrogens is 609 g/mol. The van der Waals surface area contributed by atoms with Gasteiger partial charge in [-0.1, -0.05) is 20.3 Å². The predicted molar refractivity (Wildman–Crippen MR) is 152 cm³/mol. The minimum Gasteiger partial charge on any atom is -0.384 e. The second-order valence-corrected chi connectivity index (χ2v) is 10.3. The van der Waals surface area contributed by atoms with Crippen molar-refractivity contribution in [1.29, 1.82) is 0 Å². The van der Waals surface area contributed by atoms with Crippen molar-refractivity contribution in [3.05, 3.63) is 31.4 Å². The smallest absolute Gasteiger partial charge is 0.270 e. The SMILES string of the molecule is CCC(C)[C@@H]1NCc2cc([N+](=O)[O-])cc(I)c2NCCC(C(N)=O)NC(=O)C(CCCN=C(N)N)NC1=O. The number of carbonyl (C=O) groups is 3. The first kappa shape index (κ1) is 31.0. The Morgan fingerprint density at radius 2 is 1.95 bits per heavy atom. The van der Waals surface area contributed by atoms with Gasteiger partial charge in [-0.05, 0) is 53.3 Å². The van der Waals surface area contributed by atoms with E-state index in [0.717, 1.165) is 0 Å². The zero-order valence-electron chi connectivity index (χ0n) is 21.5. The maximum absolute atomic E-state index is 13.4. The number of aliphatic imine (C=N–C) groups is 1. The third-order valence-corrected chi connectivity index (χ3v) is 7.20. The Balaban J connectivity index is 2.45. The van der Waals surface area contributed by atoms with Crippen LogP contribution in [-0.2, 0) is 20.9 Å². The van der Waals surface area contributed by atoms with Crippen molar-refractivity contribution in [2.45, 2.75) is 64.2 Å². The largest absolute Gasteiger partial charge is 0.384 e. The summed E-state index contributed by atoms with van der Waals surface area (Å²) in [4.78, 5) is 53.6. The molecule has 3 unspecified atom stereocenters. The first-order valence-electron chi connectivity index (χ1n) is 12.3. The van der Waals surface area contributed by atoms with Crippen molar-refractivity contribution < 1.29 is 19.3 Å². The molecule has 38 heavy (non-hydrogen) atoms. The zero-order valence-corrected chi connectivity index (χ0v) is 23.6. The number of rotatable bonds is 8. The number of primary amides is 1. The van der Waals surface area contributed by atoms with Crippen molar-refractivity contribution in [3.8, 4) is 0 Å². The fourth-order valence-corrected chi connectivity index (χ4v) is 4.89. The number of amides is 3. The maximum atomic E-state index is 13.4. The van der Waals surface area contributed by atoms with E-state index in [1.165, 1.54) is 12.1 Å². The molecule has 0 saturated carbocycles. The van der Waals surface area contributed by atoms with E-state index in [4.69, 9.17) is 17.2 Å². The predicted octanol–water partition coefficient (Wildman–Crippen LogP) is 0.0278. The van der Waals surface area contributed by atoms with E-state index >= 15 is 0 Å². The summed E-state index contributed by atoms with van der Waals surface area (Å²) in [6.07, 6.45) is 1.44. The number of guanidine groups is 1. The van der Waals surface area contributed by atoms with Crippen LogP contribution in [-0.4, -0.2) is 59.8 Å². The molecule has 1 heterocycles. The summed E-state index contributed by atoms with van der Waals surface area (Å²) in [5.74, 6) is -1.89. The summed E-state index contributed by atoms with van der Waals surface area (Å²) in [6, 6.07) is 0.228. The van der Waals surface area contributed by atoms with Gasteiger partial charge in [-0.25, -0.2) is 0 Å². The van der Waals surface area contributed by atoms with Crippen molar-refractivity contribution in [2.75, 3.05) is 18.4 Å². The second kappa shape index (κ2) is 14.7. The van der Waals surface area contributed by atoms with Crippen LogP contribution in [0.2, 0.25) is 0 Å². The van der Waals surface area contributed by atoms with E-state index in [1.807, 2.05) is 36.4 Å². The summed E-state index contributed by atoms with van der Waals surface area (Å²) in [5, 5.41) is 23.4. The molecule has 0 spiro atoms. The highest BCUT2D eigenvalue weighted by Crippen LogP contribution is 2.29. The molecule has 0 saturated heterocycles. The number of nitrogens with two attached hydrogens (primary N) is 3. The quantitative estimate of drug-likeness (QED) is 0.0504. The molecule has 4 atom stereocenters. The second-order valence-electron chi connectivity index (χ2n) is 9.15. The summed E-state index contributed by atoms with van der Waals surface area (Å²) in [6.45, 7) is 4.50. The highest BCUT2D eigenvalue weighted by Gasteiger charge is 2.31. The van der Waals surface area contributed by atoms with Gasteiger partial charge in [0.05, 0.1) is 16.7 Å². The molecule has 2 rings (SSSR count). The molecule has 1 aromatic carbocycles. The van der Waals surface area contributed by atoms with Crippen LogP contribution >= 0.6 is 22.6 Å². The molecule has 15 heteroatoms. The standard InChI is InChI=1S/C23H36IN9O5/c1-3-12(2)18-22(36)32-17(5-4-7-29-23(26)27)21(35)31-16(20(25)34)6-8-28-19-13(11-30-18)9-14(33(37)38)10-15(19)24/h9-10,12,16-18,28,30H,3-8,11H2,1-2H3,(H2,25,34)(H,31,35)(H,32,36)(H4,26,27,29)/t12?,16?,17?,18-/m0/s1. The molecule has 210 valence electrons. The van der Waals surface area contributed by atoms with E-state index in [0.29, 0.717) is 27.7 Å². The zero-order chi connectivity index (χ0) is 28.4. The van der Waals surface area contributed by atoms with Crippen molar-refractivity contribution in [2.24, 2.45) is 28.1 Å². The fraction of sp³-hybridized carbons (Fsp3) is 0.565. The van der Waals surface area contributed by atoms with E-state index in [2.05, 4.69) is 26.3 Å². The Labute approximate surface area is 234 Å². The topological polar surface area (TPSA) is 233 Å². The first-order valence-corrected chi connectivity index (χ1v) is 13.4.